The fourth-order valence-corrected chi connectivity index (χ4v) is 4.45. The number of nitrogens with zero attached hydrogens (tertiary/aromatic N) is 2. The number of ether oxygens (including phenoxy) is 3. The van der Waals surface area contributed by atoms with E-state index in [9.17, 15) is 4.79 Å². The molecule has 0 saturated carbocycles. The zero-order chi connectivity index (χ0) is 15.6. The Balaban J connectivity index is 1.58. The van der Waals surface area contributed by atoms with E-state index in [1.54, 1.807) is 4.90 Å². The molecule has 0 radical (unpaired) electrons. The summed E-state index contributed by atoms with van der Waals surface area (Å²) < 4.78 is 17.6. The number of hydrogen-bond acceptors (Lipinski definition) is 6. The van der Waals surface area contributed by atoms with Gasteiger partial charge in [0.2, 0.25) is 6.79 Å². The van der Waals surface area contributed by atoms with Gasteiger partial charge < -0.3 is 19.5 Å². The second-order valence-electron chi connectivity index (χ2n) is 6.02. The summed E-state index contributed by atoms with van der Waals surface area (Å²) in [6.45, 7) is 2.80. The number of anilines is 1. The van der Waals surface area contributed by atoms with Crippen molar-refractivity contribution >= 4 is 32.7 Å². The van der Waals surface area contributed by atoms with Gasteiger partial charge >= 0.3 is 6.03 Å². The first kappa shape index (κ1) is 13.4. The van der Waals surface area contributed by atoms with Crippen molar-refractivity contribution in [3.05, 3.63) is 12.1 Å². The minimum atomic E-state index is -0.106. The van der Waals surface area contributed by atoms with E-state index in [-0.39, 0.29) is 31.0 Å². The predicted molar refractivity (Wildman–Crippen MR) is 84.4 cm³/mol. The lowest BCUT2D eigenvalue weighted by Gasteiger charge is -2.32. The van der Waals surface area contributed by atoms with Crippen LogP contribution in [0.25, 0.3) is 10.2 Å². The van der Waals surface area contributed by atoms with Gasteiger partial charge in [0.25, 0.3) is 0 Å². The summed E-state index contributed by atoms with van der Waals surface area (Å²) >= 11 is 1.50. The Bertz CT molecular complexity index is 807. The molecule has 5 rings (SSSR count). The maximum atomic E-state index is 12.4. The highest BCUT2D eigenvalue weighted by atomic mass is 32.1. The Morgan fingerprint density at radius 1 is 1.39 bits per heavy atom. The topological polar surface area (TPSA) is 72.9 Å². The van der Waals surface area contributed by atoms with Crippen molar-refractivity contribution in [1.82, 2.24) is 10.3 Å². The fourth-order valence-electron chi connectivity index (χ4n) is 3.43. The lowest BCUT2D eigenvalue weighted by molar-refractivity contribution is 0.00885. The molecular weight excluding hydrogens is 318 g/mol. The van der Waals surface area contributed by atoms with Crippen LogP contribution in [0, 0.1) is 0 Å². The number of benzene rings is 1. The third-order valence-corrected chi connectivity index (χ3v) is 5.57. The lowest BCUT2D eigenvalue weighted by atomic mass is 10.0. The maximum absolute atomic E-state index is 12.4. The third-order valence-electron chi connectivity index (χ3n) is 4.55. The summed E-state index contributed by atoms with van der Waals surface area (Å²) in [5, 5.41) is 3.69. The van der Waals surface area contributed by atoms with Crippen molar-refractivity contribution < 1.29 is 19.0 Å². The van der Waals surface area contributed by atoms with E-state index in [1.807, 2.05) is 19.1 Å². The van der Waals surface area contributed by atoms with Crippen molar-refractivity contribution in [1.29, 1.82) is 0 Å². The van der Waals surface area contributed by atoms with Crippen LogP contribution in [0.3, 0.4) is 0 Å². The molecule has 8 heteroatoms. The highest BCUT2D eigenvalue weighted by Crippen LogP contribution is 2.43. The van der Waals surface area contributed by atoms with Gasteiger partial charge in [-0.25, -0.2) is 9.78 Å². The molecule has 3 aliphatic heterocycles. The molecule has 2 saturated heterocycles. The van der Waals surface area contributed by atoms with Crippen LogP contribution in [0.15, 0.2) is 12.1 Å². The first-order chi connectivity index (χ1) is 11.2. The van der Waals surface area contributed by atoms with Crippen LogP contribution in [0.2, 0.25) is 0 Å². The van der Waals surface area contributed by atoms with E-state index in [1.165, 1.54) is 11.3 Å². The van der Waals surface area contributed by atoms with Gasteiger partial charge in [-0.2, -0.15) is 0 Å². The second-order valence-corrected chi connectivity index (χ2v) is 7.02. The molecule has 2 fully saturated rings. The van der Waals surface area contributed by atoms with Crippen LogP contribution in [0.5, 0.6) is 11.5 Å². The summed E-state index contributed by atoms with van der Waals surface area (Å²) in [7, 11) is 0. The van der Waals surface area contributed by atoms with Crippen LogP contribution in [-0.4, -0.2) is 42.6 Å². The molecule has 3 atom stereocenters. The van der Waals surface area contributed by atoms with E-state index in [2.05, 4.69) is 10.3 Å². The minimum Gasteiger partial charge on any atom is -0.454 e. The van der Waals surface area contributed by atoms with Crippen molar-refractivity contribution in [3.8, 4) is 11.5 Å². The second kappa shape index (κ2) is 4.72. The number of nitrogens with one attached hydrogen (secondary N) is 1. The number of amides is 2. The van der Waals surface area contributed by atoms with Gasteiger partial charge in [-0.1, -0.05) is 11.3 Å². The quantitative estimate of drug-likeness (QED) is 0.865. The smallest absolute Gasteiger partial charge is 0.324 e. The Hall–Kier alpha value is -2.06. The molecule has 4 heterocycles. The number of thiazole rings is 1. The van der Waals surface area contributed by atoms with Crippen molar-refractivity contribution in [3.63, 3.8) is 0 Å². The van der Waals surface area contributed by atoms with Crippen LogP contribution in [-0.2, 0) is 4.74 Å². The van der Waals surface area contributed by atoms with Gasteiger partial charge in [-0.3, -0.25) is 4.90 Å². The molecule has 0 bridgehead atoms. The molecule has 3 aliphatic rings. The highest BCUT2D eigenvalue weighted by molar-refractivity contribution is 7.22. The number of carbonyl (C=O) groups excluding carboxylic acids is 1. The average Bonchev–Trinajstić information content (AvgIpc) is 3.20. The Morgan fingerprint density at radius 2 is 2.30 bits per heavy atom. The van der Waals surface area contributed by atoms with Gasteiger partial charge in [0.05, 0.1) is 29.5 Å². The summed E-state index contributed by atoms with van der Waals surface area (Å²) in [6.07, 6.45) is 0.943. The molecule has 0 spiro atoms. The van der Waals surface area contributed by atoms with Crippen molar-refractivity contribution in [2.24, 2.45) is 0 Å². The number of urea groups is 1. The third kappa shape index (κ3) is 1.91. The largest absolute Gasteiger partial charge is 0.454 e. The van der Waals surface area contributed by atoms with Gasteiger partial charge in [-0.05, 0) is 25.5 Å². The Kier molecular flexibility index (Phi) is 2.75. The molecule has 7 nitrogen and oxygen atoms in total. The lowest BCUT2D eigenvalue weighted by Crippen LogP contribution is -2.46. The monoisotopic (exact) mass is 333 g/mol. The van der Waals surface area contributed by atoms with E-state index in [4.69, 9.17) is 14.2 Å². The molecule has 1 N–H and O–H groups in total. The molecule has 23 heavy (non-hydrogen) atoms. The molecule has 2 aromatic rings. The average molecular weight is 333 g/mol. The standard InChI is InChI=1S/C15H15N3O4S/c1-7-4-9-8(5-20-7)16-14(19)18(9)15-17-12-11(23-15)3-2-10-13(12)22-6-21-10/h2-3,7-9H,4-6H2,1H3,(H,16,19)/t7-,8-,9+/m0/s1. The summed E-state index contributed by atoms with van der Waals surface area (Å²) in [6, 6.07) is 3.84. The molecule has 1 aromatic carbocycles. The highest BCUT2D eigenvalue weighted by Gasteiger charge is 2.45. The van der Waals surface area contributed by atoms with E-state index in [0.717, 1.165) is 16.6 Å². The van der Waals surface area contributed by atoms with E-state index in [0.29, 0.717) is 23.2 Å². The molecule has 1 aromatic heterocycles. The van der Waals surface area contributed by atoms with E-state index >= 15 is 0 Å². The molecule has 0 unspecified atom stereocenters. The maximum Gasteiger partial charge on any atom is 0.324 e. The number of rotatable bonds is 1. The number of fused-ring (bicyclic) bond motifs is 4. The summed E-state index contributed by atoms with van der Waals surface area (Å²) in [5.74, 6) is 1.37. The van der Waals surface area contributed by atoms with Crippen molar-refractivity contribution in [2.45, 2.75) is 31.5 Å². The van der Waals surface area contributed by atoms with Gasteiger partial charge in [0.1, 0.15) is 5.52 Å². The molecule has 120 valence electrons. The molecular formula is C15H15N3O4S. The fraction of sp³-hybridized carbons (Fsp3) is 0.467. The zero-order valence-electron chi connectivity index (χ0n) is 12.4. The number of hydrogen-bond donors (Lipinski definition) is 1. The molecule has 2 amide bonds. The van der Waals surface area contributed by atoms with Gasteiger partial charge in [0, 0.05) is 0 Å². The van der Waals surface area contributed by atoms with Gasteiger partial charge in [-0.15, -0.1) is 0 Å². The van der Waals surface area contributed by atoms with Crippen LogP contribution < -0.4 is 19.7 Å². The van der Waals surface area contributed by atoms with Gasteiger partial charge in [0.15, 0.2) is 16.6 Å². The van der Waals surface area contributed by atoms with E-state index < -0.39 is 0 Å². The summed E-state index contributed by atoms with van der Waals surface area (Å²) in [5.41, 5.74) is 0.761. The zero-order valence-corrected chi connectivity index (χ0v) is 13.3. The number of aromatic nitrogens is 1. The first-order valence-corrected chi connectivity index (χ1v) is 8.43. The van der Waals surface area contributed by atoms with Crippen molar-refractivity contribution in [2.75, 3.05) is 18.3 Å². The minimum absolute atomic E-state index is 0.0241. The Morgan fingerprint density at radius 3 is 3.22 bits per heavy atom. The first-order valence-electron chi connectivity index (χ1n) is 7.61. The summed E-state index contributed by atoms with van der Waals surface area (Å²) in [4.78, 5) is 18.9. The van der Waals surface area contributed by atoms with Crippen LogP contribution in [0.1, 0.15) is 13.3 Å². The normalized spacial score (nSPS) is 29.0. The van der Waals surface area contributed by atoms with Crippen LogP contribution >= 0.6 is 11.3 Å². The van der Waals surface area contributed by atoms with Crippen LogP contribution in [0.4, 0.5) is 9.93 Å². The number of carbonyl (C=O) groups is 1. The molecule has 0 aliphatic carbocycles. The predicted octanol–water partition coefficient (Wildman–Crippen LogP) is 2.10. The SMILES string of the molecule is C[C@H]1C[C@@H]2[C@H](CO1)NC(=O)N2c1nc2c3c(ccc2s1)OCO3. The Labute approximate surface area is 136 Å².